The van der Waals surface area contributed by atoms with Crippen molar-refractivity contribution >= 4 is 55.6 Å². The summed E-state index contributed by atoms with van der Waals surface area (Å²) in [6.45, 7) is -0.114. The highest BCUT2D eigenvalue weighted by Gasteiger charge is 2.23. The molecule has 0 spiro atoms. The number of carbonyl (C=O) groups excluding carboxylic acids is 1. The summed E-state index contributed by atoms with van der Waals surface area (Å²) in [6.07, 6.45) is 1.01. The van der Waals surface area contributed by atoms with Crippen LogP contribution in [0.2, 0.25) is 10.0 Å². The fourth-order valence-electron chi connectivity index (χ4n) is 2.79. The predicted octanol–water partition coefficient (Wildman–Crippen LogP) is 4.23. The highest BCUT2D eigenvalue weighted by atomic mass is 35.5. The van der Waals surface area contributed by atoms with E-state index >= 15 is 0 Å². The van der Waals surface area contributed by atoms with E-state index in [-0.39, 0.29) is 17.3 Å². The molecular formula is C20H18Cl2N2O3S. The van der Waals surface area contributed by atoms with Crippen molar-refractivity contribution in [2.75, 3.05) is 17.1 Å². The molecule has 3 aromatic carbocycles. The summed E-state index contributed by atoms with van der Waals surface area (Å²) < 4.78 is 25.3. The summed E-state index contributed by atoms with van der Waals surface area (Å²) in [6, 6.07) is 18.3. The first-order chi connectivity index (χ1) is 13.2. The van der Waals surface area contributed by atoms with Crippen LogP contribution in [0.15, 0.2) is 60.7 Å². The molecule has 0 fully saturated rings. The molecule has 1 N–H and O–H groups in total. The Hall–Kier alpha value is -2.28. The highest BCUT2D eigenvalue weighted by Crippen LogP contribution is 2.30. The first-order valence-corrected chi connectivity index (χ1v) is 11.0. The van der Waals surface area contributed by atoms with Crippen LogP contribution in [0.25, 0.3) is 10.8 Å². The van der Waals surface area contributed by atoms with E-state index in [0.29, 0.717) is 5.02 Å². The molecule has 1 amide bonds. The average Bonchev–Trinajstić information content (AvgIpc) is 2.65. The van der Waals surface area contributed by atoms with E-state index in [4.69, 9.17) is 23.2 Å². The second-order valence-electron chi connectivity index (χ2n) is 6.32. The van der Waals surface area contributed by atoms with Crippen LogP contribution in [-0.4, -0.2) is 27.1 Å². The molecule has 0 aliphatic carbocycles. The number of rotatable bonds is 6. The lowest BCUT2D eigenvalue weighted by molar-refractivity contribution is -0.119. The van der Waals surface area contributed by atoms with Gasteiger partial charge in [0.1, 0.15) is 6.54 Å². The number of hydrogen-bond acceptors (Lipinski definition) is 3. The predicted molar refractivity (Wildman–Crippen MR) is 114 cm³/mol. The minimum atomic E-state index is -3.73. The van der Waals surface area contributed by atoms with Crippen LogP contribution < -0.4 is 9.62 Å². The number of amides is 1. The minimum absolute atomic E-state index is 0.164. The lowest BCUT2D eigenvalue weighted by atomic mass is 10.1. The zero-order valence-corrected chi connectivity index (χ0v) is 17.4. The molecule has 28 heavy (non-hydrogen) atoms. The molecule has 0 aliphatic rings. The van der Waals surface area contributed by atoms with E-state index in [1.807, 2.05) is 42.5 Å². The van der Waals surface area contributed by atoms with E-state index in [2.05, 4.69) is 5.32 Å². The third-order valence-electron chi connectivity index (χ3n) is 4.17. The topological polar surface area (TPSA) is 66.5 Å². The van der Waals surface area contributed by atoms with Crippen molar-refractivity contribution in [2.24, 2.45) is 0 Å². The molecule has 0 aliphatic heterocycles. The standard InChI is InChI=1S/C20H18Cl2N2O3S/c1-28(26,27)24(19-11-17(21)8-9-18(19)22)13-20(25)23-12-14-6-7-15-4-2-3-5-16(15)10-14/h2-11H,12-13H2,1H3,(H,23,25). The van der Waals surface area contributed by atoms with E-state index in [1.54, 1.807) is 6.07 Å². The SMILES string of the molecule is CS(=O)(=O)N(CC(=O)NCc1ccc2ccccc2c1)c1cc(Cl)ccc1Cl. The normalized spacial score (nSPS) is 11.4. The van der Waals surface area contributed by atoms with Gasteiger partial charge in [-0.1, -0.05) is 59.6 Å². The summed E-state index contributed by atoms with van der Waals surface area (Å²) in [7, 11) is -3.73. The molecular weight excluding hydrogens is 419 g/mol. The Labute approximate surface area is 173 Å². The van der Waals surface area contributed by atoms with Gasteiger partial charge in [0, 0.05) is 11.6 Å². The average molecular weight is 437 g/mol. The van der Waals surface area contributed by atoms with E-state index < -0.39 is 22.5 Å². The maximum Gasteiger partial charge on any atom is 0.241 e. The Kier molecular flexibility index (Phi) is 6.13. The number of sulfonamides is 1. The van der Waals surface area contributed by atoms with Crippen molar-refractivity contribution in [2.45, 2.75) is 6.54 Å². The van der Waals surface area contributed by atoms with Gasteiger partial charge in [-0.3, -0.25) is 9.10 Å². The Balaban J connectivity index is 1.74. The maximum atomic E-state index is 12.4. The summed E-state index contributed by atoms with van der Waals surface area (Å²) in [5.74, 6) is -0.449. The third kappa shape index (κ3) is 4.95. The highest BCUT2D eigenvalue weighted by molar-refractivity contribution is 7.92. The van der Waals surface area contributed by atoms with Gasteiger partial charge in [0.25, 0.3) is 0 Å². The minimum Gasteiger partial charge on any atom is -0.350 e. The van der Waals surface area contributed by atoms with Gasteiger partial charge in [-0.05, 0) is 40.6 Å². The molecule has 5 nitrogen and oxygen atoms in total. The van der Waals surface area contributed by atoms with Crippen molar-refractivity contribution in [3.8, 4) is 0 Å². The molecule has 0 saturated heterocycles. The number of hydrogen-bond donors (Lipinski definition) is 1. The zero-order chi connectivity index (χ0) is 20.3. The van der Waals surface area contributed by atoms with E-state index in [0.717, 1.165) is 26.9 Å². The van der Waals surface area contributed by atoms with Gasteiger partial charge < -0.3 is 5.32 Å². The summed E-state index contributed by atoms with van der Waals surface area (Å²) in [5.41, 5.74) is 1.08. The number of fused-ring (bicyclic) bond motifs is 1. The number of anilines is 1. The van der Waals surface area contributed by atoms with Crippen LogP contribution in [-0.2, 0) is 21.4 Å². The molecule has 8 heteroatoms. The number of nitrogens with zero attached hydrogens (tertiary/aromatic N) is 1. The van der Waals surface area contributed by atoms with Crippen LogP contribution in [0.3, 0.4) is 0 Å². The molecule has 0 heterocycles. The summed E-state index contributed by atoms with van der Waals surface area (Å²) >= 11 is 12.1. The first kappa shape index (κ1) is 20.5. The summed E-state index contributed by atoms with van der Waals surface area (Å²) in [5, 5.41) is 5.44. The van der Waals surface area contributed by atoms with E-state index in [9.17, 15) is 13.2 Å². The monoisotopic (exact) mass is 436 g/mol. The van der Waals surface area contributed by atoms with Crippen LogP contribution in [0.1, 0.15) is 5.56 Å². The van der Waals surface area contributed by atoms with Crippen LogP contribution in [0, 0.1) is 0 Å². The van der Waals surface area contributed by atoms with Gasteiger partial charge in [-0.25, -0.2) is 8.42 Å². The third-order valence-corrected chi connectivity index (χ3v) is 5.85. The second-order valence-corrected chi connectivity index (χ2v) is 9.07. The quantitative estimate of drug-likeness (QED) is 0.628. The Morgan fingerprint density at radius 1 is 1.00 bits per heavy atom. The molecule has 0 saturated carbocycles. The second kappa shape index (κ2) is 8.39. The molecule has 0 aromatic heterocycles. The molecule has 0 radical (unpaired) electrons. The van der Waals surface area contributed by atoms with Crippen LogP contribution >= 0.6 is 23.2 Å². The Morgan fingerprint density at radius 2 is 1.71 bits per heavy atom. The molecule has 3 rings (SSSR count). The Bertz CT molecular complexity index is 1130. The number of halogens is 2. The Morgan fingerprint density at radius 3 is 2.43 bits per heavy atom. The van der Waals surface area contributed by atoms with Crippen LogP contribution in [0.4, 0.5) is 5.69 Å². The molecule has 0 bridgehead atoms. The van der Waals surface area contributed by atoms with Gasteiger partial charge in [0.15, 0.2) is 0 Å². The number of nitrogens with one attached hydrogen (secondary N) is 1. The molecule has 0 unspecified atom stereocenters. The largest absolute Gasteiger partial charge is 0.350 e. The number of benzene rings is 3. The fourth-order valence-corrected chi connectivity index (χ4v) is 4.09. The smallest absolute Gasteiger partial charge is 0.241 e. The fraction of sp³-hybridized carbons (Fsp3) is 0.150. The van der Waals surface area contributed by atoms with Crippen molar-refractivity contribution in [3.05, 3.63) is 76.3 Å². The lowest BCUT2D eigenvalue weighted by Crippen LogP contribution is -2.40. The lowest BCUT2D eigenvalue weighted by Gasteiger charge is -2.23. The van der Waals surface area contributed by atoms with Gasteiger partial charge in [-0.2, -0.15) is 0 Å². The van der Waals surface area contributed by atoms with E-state index in [1.165, 1.54) is 12.1 Å². The van der Waals surface area contributed by atoms with Crippen molar-refractivity contribution in [1.82, 2.24) is 5.32 Å². The molecule has 146 valence electrons. The van der Waals surface area contributed by atoms with Gasteiger partial charge in [0.05, 0.1) is 17.0 Å². The zero-order valence-electron chi connectivity index (χ0n) is 15.0. The van der Waals surface area contributed by atoms with Crippen molar-refractivity contribution < 1.29 is 13.2 Å². The van der Waals surface area contributed by atoms with Gasteiger partial charge in [0.2, 0.25) is 15.9 Å². The van der Waals surface area contributed by atoms with Crippen LogP contribution in [0.5, 0.6) is 0 Å². The van der Waals surface area contributed by atoms with Gasteiger partial charge in [-0.15, -0.1) is 0 Å². The molecule has 3 aromatic rings. The van der Waals surface area contributed by atoms with Crippen molar-refractivity contribution in [3.63, 3.8) is 0 Å². The molecule has 0 atom stereocenters. The maximum absolute atomic E-state index is 12.4. The first-order valence-electron chi connectivity index (χ1n) is 8.41. The number of carbonyl (C=O) groups is 1. The van der Waals surface area contributed by atoms with Gasteiger partial charge >= 0.3 is 0 Å². The van der Waals surface area contributed by atoms with Crippen molar-refractivity contribution in [1.29, 1.82) is 0 Å². The summed E-state index contributed by atoms with van der Waals surface area (Å²) in [4.78, 5) is 12.4.